The maximum Gasteiger partial charge on any atom is 0.265 e. The molecular weight excluding hydrogens is 356 g/mol. The van der Waals surface area contributed by atoms with Crippen LogP contribution >= 0.6 is 0 Å². The number of para-hydroxylation sites is 1. The van der Waals surface area contributed by atoms with Crippen molar-refractivity contribution in [2.24, 2.45) is 0 Å². The first-order chi connectivity index (χ1) is 12.3. The lowest BCUT2D eigenvalue weighted by atomic mass is 10.2. The number of nitrogens with zero attached hydrogens (tertiary/aromatic N) is 1. The molecule has 1 N–H and O–H groups in total. The highest BCUT2D eigenvalue weighted by Gasteiger charge is 2.21. The van der Waals surface area contributed by atoms with E-state index in [4.69, 9.17) is 9.47 Å². The quantitative estimate of drug-likeness (QED) is 0.799. The molecule has 0 heterocycles. The lowest BCUT2D eigenvalue weighted by Gasteiger charge is -2.17. The van der Waals surface area contributed by atoms with Gasteiger partial charge in [-0.1, -0.05) is 18.2 Å². The molecule has 0 aliphatic carbocycles. The Morgan fingerprint density at radius 2 is 1.77 bits per heavy atom. The van der Waals surface area contributed by atoms with Crippen molar-refractivity contribution in [3.8, 4) is 11.5 Å². The molecule has 2 aromatic carbocycles. The van der Waals surface area contributed by atoms with Crippen LogP contribution in [0, 0.1) is 0 Å². The number of methoxy groups -OCH3 is 1. The second-order valence-corrected chi connectivity index (χ2v) is 7.86. The van der Waals surface area contributed by atoms with Crippen molar-refractivity contribution in [2.45, 2.75) is 17.9 Å². The molecule has 2 aromatic rings. The molecule has 0 unspecified atom stereocenters. The number of sulfonamides is 1. The van der Waals surface area contributed by atoms with Gasteiger partial charge in [-0.15, -0.1) is 0 Å². The van der Waals surface area contributed by atoms with Crippen LogP contribution in [0.25, 0.3) is 0 Å². The summed E-state index contributed by atoms with van der Waals surface area (Å²) in [5.41, 5.74) is 0.254. The number of carbonyl (C=O) groups excluding carboxylic acids is 1. The number of hydrogen-bond donors (Lipinski definition) is 1. The van der Waals surface area contributed by atoms with Gasteiger partial charge in [-0.25, -0.2) is 12.7 Å². The Balaban J connectivity index is 2.23. The number of rotatable bonds is 7. The lowest BCUT2D eigenvalue weighted by Crippen LogP contribution is -2.30. The third-order valence-electron chi connectivity index (χ3n) is 3.63. The molecule has 26 heavy (non-hydrogen) atoms. The smallest absolute Gasteiger partial charge is 0.265 e. The van der Waals surface area contributed by atoms with Gasteiger partial charge >= 0.3 is 0 Å². The molecule has 0 bridgehead atoms. The van der Waals surface area contributed by atoms with Gasteiger partial charge in [0.15, 0.2) is 6.10 Å². The maximum atomic E-state index is 12.4. The molecule has 1 amide bonds. The van der Waals surface area contributed by atoms with Crippen molar-refractivity contribution in [1.29, 1.82) is 0 Å². The van der Waals surface area contributed by atoms with Crippen LogP contribution in [0.2, 0.25) is 0 Å². The van der Waals surface area contributed by atoms with Crippen molar-refractivity contribution < 1.29 is 22.7 Å². The summed E-state index contributed by atoms with van der Waals surface area (Å²) < 4.78 is 36.5. The molecule has 0 aliphatic heterocycles. The summed E-state index contributed by atoms with van der Waals surface area (Å²) in [5, 5.41) is 2.66. The Hall–Kier alpha value is -2.58. The minimum Gasteiger partial charge on any atom is -0.495 e. The van der Waals surface area contributed by atoms with Crippen LogP contribution in [0.15, 0.2) is 53.4 Å². The number of hydrogen-bond acceptors (Lipinski definition) is 5. The van der Waals surface area contributed by atoms with E-state index < -0.39 is 22.0 Å². The van der Waals surface area contributed by atoms with E-state index in [0.717, 1.165) is 4.31 Å². The molecule has 0 aliphatic rings. The van der Waals surface area contributed by atoms with Gasteiger partial charge in [-0.3, -0.25) is 4.79 Å². The molecule has 0 radical (unpaired) electrons. The number of carbonyl (C=O) groups is 1. The van der Waals surface area contributed by atoms with Gasteiger partial charge in [-0.05, 0) is 37.3 Å². The van der Waals surface area contributed by atoms with Gasteiger partial charge in [0, 0.05) is 14.1 Å². The Kier molecular flexibility index (Phi) is 6.23. The fourth-order valence-corrected chi connectivity index (χ4v) is 3.08. The molecule has 0 saturated heterocycles. The van der Waals surface area contributed by atoms with Gasteiger partial charge in [0.1, 0.15) is 11.5 Å². The van der Waals surface area contributed by atoms with Gasteiger partial charge in [0.2, 0.25) is 10.0 Å². The van der Waals surface area contributed by atoms with E-state index in [1.54, 1.807) is 31.2 Å². The number of ether oxygens (including phenoxy) is 2. The van der Waals surface area contributed by atoms with E-state index in [0.29, 0.717) is 11.5 Å². The van der Waals surface area contributed by atoms with Gasteiger partial charge < -0.3 is 14.8 Å². The third-order valence-corrected chi connectivity index (χ3v) is 5.44. The van der Waals surface area contributed by atoms with Gasteiger partial charge in [0.25, 0.3) is 5.91 Å². The second-order valence-electron chi connectivity index (χ2n) is 5.71. The Morgan fingerprint density at radius 3 is 2.35 bits per heavy atom. The van der Waals surface area contributed by atoms with Crippen molar-refractivity contribution in [3.63, 3.8) is 0 Å². The topological polar surface area (TPSA) is 84.9 Å². The molecule has 1 atom stereocenters. The third kappa shape index (κ3) is 4.53. The van der Waals surface area contributed by atoms with Crippen molar-refractivity contribution in [2.75, 3.05) is 26.5 Å². The highest BCUT2D eigenvalue weighted by Crippen LogP contribution is 2.28. The summed E-state index contributed by atoms with van der Waals surface area (Å²) >= 11 is 0. The first-order valence-corrected chi connectivity index (χ1v) is 9.33. The SMILES string of the molecule is COc1ccc(S(=O)(=O)N(C)C)cc1NC(=O)[C@@H](C)Oc1ccccc1. The zero-order valence-electron chi connectivity index (χ0n) is 15.1. The molecule has 2 rings (SSSR count). The number of amides is 1. The normalized spacial score (nSPS) is 12.5. The van der Waals surface area contributed by atoms with Crippen LogP contribution in [0.4, 0.5) is 5.69 Å². The summed E-state index contributed by atoms with van der Waals surface area (Å²) in [7, 11) is 0.682. The van der Waals surface area contributed by atoms with E-state index >= 15 is 0 Å². The molecule has 0 saturated carbocycles. The Labute approximate surface area is 153 Å². The molecule has 8 heteroatoms. The van der Waals surface area contributed by atoms with E-state index in [9.17, 15) is 13.2 Å². The van der Waals surface area contributed by atoms with Crippen LogP contribution in [0.3, 0.4) is 0 Å². The van der Waals surface area contributed by atoms with Gasteiger partial charge in [-0.2, -0.15) is 0 Å². The zero-order valence-corrected chi connectivity index (χ0v) is 15.9. The largest absolute Gasteiger partial charge is 0.495 e. The minimum atomic E-state index is -3.63. The molecular formula is C18H22N2O5S. The standard InChI is InChI=1S/C18H22N2O5S/c1-13(25-14-8-6-5-7-9-14)18(21)19-16-12-15(10-11-17(16)24-4)26(22,23)20(2)3/h5-13H,1-4H3,(H,19,21)/t13-/m1/s1. The van der Waals surface area contributed by atoms with E-state index in [-0.39, 0.29) is 10.6 Å². The predicted octanol–water partition coefficient (Wildman–Crippen LogP) is 2.35. The second kappa shape index (κ2) is 8.20. The number of anilines is 1. The van der Waals surface area contributed by atoms with Gasteiger partial charge in [0.05, 0.1) is 17.7 Å². The molecule has 0 fully saturated rings. The number of benzene rings is 2. The van der Waals surface area contributed by atoms with E-state index in [2.05, 4.69) is 5.32 Å². The first kappa shape index (κ1) is 19.7. The van der Waals surface area contributed by atoms with E-state index in [1.165, 1.54) is 39.4 Å². The van der Waals surface area contributed by atoms with Crippen LogP contribution < -0.4 is 14.8 Å². The average Bonchev–Trinajstić information content (AvgIpc) is 2.62. The molecule has 0 spiro atoms. The fourth-order valence-electron chi connectivity index (χ4n) is 2.15. The zero-order chi connectivity index (χ0) is 19.3. The summed E-state index contributed by atoms with van der Waals surface area (Å²) in [6, 6.07) is 13.2. The summed E-state index contributed by atoms with van der Waals surface area (Å²) in [4.78, 5) is 12.5. The highest BCUT2D eigenvalue weighted by molar-refractivity contribution is 7.89. The van der Waals surface area contributed by atoms with Crippen molar-refractivity contribution in [3.05, 3.63) is 48.5 Å². The summed E-state index contributed by atoms with van der Waals surface area (Å²) in [6.07, 6.45) is -0.781. The highest BCUT2D eigenvalue weighted by atomic mass is 32.2. The maximum absolute atomic E-state index is 12.4. The summed E-state index contributed by atoms with van der Waals surface area (Å²) in [6.45, 7) is 1.61. The Bertz CT molecular complexity index is 866. The van der Waals surface area contributed by atoms with Crippen molar-refractivity contribution >= 4 is 21.6 Å². The number of nitrogens with one attached hydrogen (secondary N) is 1. The summed E-state index contributed by atoms with van der Waals surface area (Å²) in [5.74, 6) is 0.487. The van der Waals surface area contributed by atoms with Crippen LogP contribution in [-0.2, 0) is 14.8 Å². The van der Waals surface area contributed by atoms with Crippen molar-refractivity contribution in [1.82, 2.24) is 4.31 Å². The predicted molar refractivity (Wildman–Crippen MR) is 99.0 cm³/mol. The molecule has 140 valence electrons. The van der Waals surface area contributed by atoms with Crippen LogP contribution in [-0.4, -0.2) is 45.9 Å². The van der Waals surface area contributed by atoms with E-state index in [1.807, 2.05) is 6.07 Å². The fraction of sp³-hybridized carbons (Fsp3) is 0.278. The van der Waals surface area contributed by atoms with Crippen LogP contribution in [0.1, 0.15) is 6.92 Å². The van der Waals surface area contributed by atoms with Crippen LogP contribution in [0.5, 0.6) is 11.5 Å². The Morgan fingerprint density at radius 1 is 1.12 bits per heavy atom. The molecule has 7 nitrogen and oxygen atoms in total. The average molecular weight is 378 g/mol. The lowest BCUT2D eigenvalue weighted by molar-refractivity contribution is -0.122. The molecule has 0 aromatic heterocycles. The monoisotopic (exact) mass is 378 g/mol. The first-order valence-electron chi connectivity index (χ1n) is 7.89. The minimum absolute atomic E-state index is 0.0511.